The highest BCUT2D eigenvalue weighted by Crippen LogP contribution is 2.29. The van der Waals surface area contributed by atoms with Crippen LogP contribution in [0.25, 0.3) is 16.3 Å². The largest absolute Gasteiger partial charge is 0.461 e. The van der Waals surface area contributed by atoms with Crippen LogP contribution in [0.2, 0.25) is 0 Å². The number of hydrogen-bond acceptors (Lipinski definition) is 4. The van der Waals surface area contributed by atoms with Gasteiger partial charge in [0.15, 0.2) is 0 Å². The molecule has 0 spiro atoms. The van der Waals surface area contributed by atoms with Crippen molar-refractivity contribution in [2.24, 2.45) is 7.05 Å². The molecule has 0 aliphatic rings. The maximum absolute atomic E-state index is 11.8. The van der Waals surface area contributed by atoms with E-state index in [0.717, 1.165) is 15.0 Å². The van der Waals surface area contributed by atoms with Gasteiger partial charge in [0.25, 0.3) is 0 Å². The average molecular weight is 354 g/mol. The Labute approximate surface area is 127 Å². The van der Waals surface area contributed by atoms with Crippen LogP contribution >= 0.6 is 27.3 Å². The van der Waals surface area contributed by atoms with Gasteiger partial charge in [-0.1, -0.05) is 0 Å². The van der Waals surface area contributed by atoms with E-state index in [1.165, 1.54) is 0 Å². The van der Waals surface area contributed by atoms with Crippen molar-refractivity contribution >= 4 is 39.0 Å². The molecule has 5 nitrogen and oxygen atoms in total. The smallest absolute Gasteiger partial charge is 0.356 e. The fourth-order valence-electron chi connectivity index (χ4n) is 2.01. The van der Waals surface area contributed by atoms with Crippen LogP contribution in [0.15, 0.2) is 28.3 Å². The van der Waals surface area contributed by atoms with Crippen LogP contribution < -0.4 is 0 Å². The van der Waals surface area contributed by atoms with E-state index in [0.29, 0.717) is 18.1 Å². The fourth-order valence-corrected chi connectivity index (χ4v) is 3.40. The number of ether oxygens (including phenoxy) is 1. The summed E-state index contributed by atoms with van der Waals surface area (Å²) in [7, 11) is 1.81. The van der Waals surface area contributed by atoms with E-state index >= 15 is 0 Å². The number of halogens is 1. The first-order valence-corrected chi connectivity index (χ1v) is 7.73. The number of hydrogen-bond donors (Lipinski definition) is 0. The van der Waals surface area contributed by atoms with E-state index in [2.05, 4.69) is 20.9 Å². The number of thiophene rings is 1. The summed E-state index contributed by atoms with van der Waals surface area (Å²) in [4.78, 5) is 17.5. The highest BCUT2D eigenvalue weighted by Gasteiger charge is 2.17. The molecule has 3 rings (SSSR count). The van der Waals surface area contributed by atoms with Crippen LogP contribution in [-0.4, -0.2) is 26.5 Å². The summed E-state index contributed by atoms with van der Waals surface area (Å²) in [6.45, 7) is 2.15. The van der Waals surface area contributed by atoms with E-state index in [1.807, 2.05) is 29.1 Å². The summed E-state index contributed by atoms with van der Waals surface area (Å²) in [6.07, 6.45) is 3.66. The molecule has 0 atom stereocenters. The quantitative estimate of drug-likeness (QED) is 0.678. The van der Waals surface area contributed by atoms with E-state index in [9.17, 15) is 4.79 Å². The zero-order chi connectivity index (χ0) is 14.3. The Bertz CT molecular complexity index is 787. The number of rotatable bonds is 3. The summed E-state index contributed by atoms with van der Waals surface area (Å²) in [5, 5.41) is 2.02. The third-order valence-electron chi connectivity index (χ3n) is 2.94. The minimum atomic E-state index is -0.332. The van der Waals surface area contributed by atoms with Crippen molar-refractivity contribution in [3.63, 3.8) is 0 Å². The maximum Gasteiger partial charge on any atom is 0.356 e. The monoisotopic (exact) mass is 353 g/mol. The predicted octanol–water partition coefficient (Wildman–Crippen LogP) is 3.34. The Morgan fingerprint density at radius 1 is 1.50 bits per heavy atom. The van der Waals surface area contributed by atoms with Gasteiger partial charge < -0.3 is 9.30 Å². The SMILES string of the molecule is CCOC(=O)c1cn2cc(-c3cc(Br)cs3)nc2n1C. The van der Waals surface area contributed by atoms with Gasteiger partial charge in [-0.15, -0.1) is 11.3 Å². The van der Waals surface area contributed by atoms with Gasteiger partial charge in [0.05, 0.1) is 11.5 Å². The van der Waals surface area contributed by atoms with Crippen molar-refractivity contribution in [1.29, 1.82) is 0 Å². The second kappa shape index (κ2) is 5.06. The first kappa shape index (κ1) is 13.4. The summed E-state index contributed by atoms with van der Waals surface area (Å²) in [6, 6.07) is 2.03. The molecule has 0 fully saturated rings. The molecule has 20 heavy (non-hydrogen) atoms. The Hall–Kier alpha value is -1.60. The van der Waals surface area contributed by atoms with Gasteiger partial charge in [-0.3, -0.25) is 4.40 Å². The Kier molecular flexibility index (Phi) is 3.39. The van der Waals surface area contributed by atoms with Gasteiger partial charge in [0, 0.05) is 29.3 Å². The minimum absolute atomic E-state index is 0.332. The highest BCUT2D eigenvalue weighted by atomic mass is 79.9. The van der Waals surface area contributed by atoms with E-state index in [-0.39, 0.29) is 5.97 Å². The van der Waals surface area contributed by atoms with Crippen LogP contribution in [0.3, 0.4) is 0 Å². The molecule has 0 saturated carbocycles. The Morgan fingerprint density at radius 2 is 2.30 bits per heavy atom. The zero-order valence-corrected chi connectivity index (χ0v) is 13.4. The molecular formula is C13H12BrN3O2S. The molecule has 0 saturated heterocycles. The lowest BCUT2D eigenvalue weighted by Crippen LogP contribution is -2.09. The van der Waals surface area contributed by atoms with Crippen molar-refractivity contribution in [2.45, 2.75) is 6.92 Å². The minimum Gasteiger partial charge on any atom is -0.461 e. The predicted molar refractivity (Wildman–Crippen MR) is 81.1 cm³/mol. The topological polar surface area (TPSA) is 48.5 Å². The molecule has 7 heteroatoms. The Balaban J connectivity index is 2.04. The van der Waals surface area contributed by atoms with E-state index in [1.54, 1.807) is 29.0 Å². The fraction of sp³-hybridized carbons (Fsp3) is 0.231. The molecule has 0 N–H and O–H groups in total. The standard InChI is InChI=1S/C13H12BrN3O2S/c1-3-19-12(18)10-6-17-5-9(15-13(17)16(10)2)11-4-8(14)7-20-11/h4-7H,3H2,1-2H3. The molecule has 3 heterocycles. The molecule has 0 aromatic carbocycles. The van der Waals surface area contributed by atoms with Crippen molar-refractivity contribution in [2.75, 3.05) is 6.61 Å². The third kappa shape index (κ3) is 2.16. The number of aromatic nitrogens is 3. The number of aryl methyl sites for hydroxylation is 1. The third-order valence-corrected chi connectivity index (χ3v) is 4.65. The zero-order valence-electron chi connectivity index (χ0n) is 11.0. The molecule has 0 radical (unpaired) electrons. The number of carbonyl (C=O) groups is 1. The molecule has 0 bridgehead atoms. The molecule has 0 aliphatic carbocycles. The van der Waals surface area contributed by atoms with Gasteiger partial charge in [-0.25, -0.2) is 9.78 Å². The summed E-state index contributed by atoms with van der Waals surface area (Å²) in [5.41, 5.74) is 1.38. The normalized spacial score (nSPS) is 11.2. The molecule has 0 amide bonds. The number of esters is 1. The van der Waals surface area contributed by atoms with Crippen molar-refractivity contribution in [3.05, 3.63) is 34.0 Å². The summed E-state index contributed by atoms with van der Waals surface area (Å²) >= 11 is 5.06. The first-order chi connectivity index (χ1) is 9.60. The van der Waals surface area contributed by atoms with Crippen molar-refractivity contribution < 1.29 is 9.53 Å². The number of fused-ring (bicyclic) bond motifs is 1. The molecule has 104 valence electrons. The van der Waals surface area contributed by atoms with Gasteiger partial charge >= 0.3 is 5.97 Å². The second-order valence-corrected chi connectivity index (χ2v) is 6.08. The Morgan fingerprint density at radius 3 is 2.90 bits per heavy atom. The number of carbonyl (C=O) groups excluding carboxylic acids is 1. The van der Waals surface area contributed by atoms with Crippen LogP contribution in [0, 0.1) is 0 Å². The molecule has 3 aromatic heterocycles. The maximum atomic E-state index is 11.8. The lowest BCUT2D eigenvalue weighted by molar-refractivity contribution is 0.0515. The molecule has 0 unspecified atom stereocenters. The van der Waals surface area contributed by atoms with E-state index < -0.39 is 0 Å². The van der Waals surface area contributed by atoms with Crippen LogP contribution in [-0.2, 0) is 11.8 Å². The average Bonchev–Trinajstić information content (AvgIpc) is 3.06. The molecule has 3 aromatic rings. The summed E-state index contributed by atoms with van der Waals surface area (Å²) in [5.74, 6) is 0.383. The first-order valence-electron chi connectivity index (χ1n) is 6.06. The van der Waals surface area contributed by atoms with Crippen LogP contribution in [0.5, 0.6) is 0 Å². The van der Waals surface area contributed by atoms with Crippen molar-refractivity contribution in [3.8, 4) is 10.6 Å². The van der Waals surface area contributed by atoms with Crippen LogP contribution in [0.1, 0.15) is 17.4 Å². The number of imidazole rings is 2. The van der Waals surface area contributed by atoms with Gasteiger partial charge in [-0.2, -0.15) is 0 Å². The summed E-state index contributed by atoms with van der Waals surface area (Å²) < 4.78 is 9.65. The second-order valence-electron chi connectivity index (χ2n) is 4.26. The molecular weight excluding hydrogens is 342 g/mol. The van der Waals surface area contributed by atoms with Gasteiger partial charge in [0.1, 0.15) is 11.4 Å². The van der Waals surface area contributed by atoms with Gasteiger partial charge in [0.2, 0.25) is 5.78 Å². The lowest BCUT2D eigenvalue weighted by Gasteiger charge is -2.01. The number of nitrogens with zero attached hydrogens (tertiary/aromatic N) is 3. The van der Waals surface area contributed by atoms with E-state index in [4.69, 9.17) is 4.74 Å². The lowest BCUT2D eigenvalue weighted by atomic mass is 10.4. The van der Waals surface area contributed by atoms with Crippen LogP contribution in [0.4, 0.5) is 0 Å². The molecule has 0 aliphatic heterocycles. The highest BCUT2D eigenvalue weighted by molar-refractivity contribution is 9.10. The van der Waals surface area contributed by atoms with Crippen molar-refractivity contribution in [1.82, 2.24) is 14.0 Å². The van der Waals surface area contributed by atoms with Gasteiger partial charge in [-0.05, 0) is 28.9 Å².